The Balaban J connectivity index is 2.33. The van der Waals surface area contributed by atoms with Gasteiger partial charge in [0.1, 0.15) is 15.4 Å². The Morgan fingerprint density at radius 3 is 2.86 bits per heavy atom. The van der Waals surface area contributed by atoms with Crippen molar-refractivity contribution in [3.63, 3.8) is 0 Å². The Bertz CT molecular complexity index is 650. The summed E-state index contributed by atoms with van der Waals surface area (Å²) in [5.74, 6) is -0.937. The molecule has 0 fully saturated rings. The number of anilines is 2. The molecule has 0 unspecified atom stereocenters. The first kappa shape index (κ1) is 14.9. The van der Waals surface area contributed by atoms with Gasteiger partial charge in [-0.3, -0.25) is 9.89 Å². The number of aromatic amines is 1. The molecular weight excluding hydrogens is 294 g/mol. The van der Waals surface area contributed by atoms with Crippen LogP contribution in [0.3, 0.4) is 0 Å². The van der Waals surface area contributed by atoms with Gasteiger partial charge in [0.05, 0.1) is 19.0 Å². The minimum Gasteiger partial charge on any atom is -0.465 e. The quantitative estimate of drug-likeness (QED) is 0.606. The maximum absolute atomic E-state index is 11.9. The molecular formula is C12H15N5O3S. The molecule has 0 aliphatic heterocycles. The number of H-pyrrole nitrogens is 1. The number of nitrogens with two attached hydrogens (primary N) is 1. The first-order chi connectivity index (χ1) is 10.1. The van der Waals surface area contributed by atoms with Crippen LogP contribution in [0.4, 0.5) is 10.7 Å². The highest BCUT2D eigenvalue weighted by Crippen LogP contribution is 2.36. The lowest BCUT2D eigenvalue weighted by Gasteiger charge is -2.05. The van der Waals surface area contributed by atoms with Crippen molar-refractivity contribution in [3.8, 4) is 0 Å². The number of carbonyl (C=O) groups excluding carboxylic acids is 2. The normalized spacial score (nSPS) is 10.2. The first-order valence-corrected chi connectivity index (χ1v) is 6.84. The fourth-order valence-electron chi connectivity index (χ4n) is 1.71. The predicted molar refractivity (Wildman–Crippen MR) is 79.4 cm³/mol. The Morgan fingerprint density at radius 2 is 2.29 bits per heavy atom. The molecule has 0 aliphatic rings. The Morgan fingerprint density at radius 1 is 1.52 bits per heavy atom. The smallest absolute Gasteiger partial charge is 0.343 e. The molecule has 1 amide bonds. The zero-order chi connectivity index (χ0) is 15.4. The van der Waals surface area contributed by atoms with Crippen molar-refractivity contribution < 1.29 is 14.3 Å². The highest BCUT2D eigenvalue weighted by Gasteiger charge is 2.25. The summed E-state index contributed by atoms with van der Waals surface area (Å²) in [6.07, 6.45) is 3.38. The zero-order valence-electron chi connectivity index (χ0n) is 11.5. The number of methoxy groups -OCH3 is 1. The van der Waals surface area contributed by atoms with E-state index in [-0.39, 0.29) is 22.0 Å². The summed E-state index contributed by atoms with van der Waals surface area (Å²) in [6.45, 7) is 0.438. The number of amides is 1. The van der Waals surface area contributed by atoms with Crippen LogP contribution < -0.4 is 16.4 Å². The van der Waals surface area contributed by atoms with E-state index in [4.69, 9.17) is 10.5 Å². The molecule has 0 atom stereocenters. The molecule has 5 N–H and O–H groups in total. The summed E-state index contributed by atoms with van der Waals surface area (Å²) in [5, 5.41) is 12.6. The molecule has 9 heteroatoms. The molecule has 0 saturated heterocycles. The molecule has 21 heavy (non-hydrogen) atoms. The van der Waals surface area contributed by atoms with E-state index in [0.29, 0.717) is 11.5 Å². The van der Waals surface area contributed by atoms with Crippen molar-refractivity contribution in [1.82, 2.24) is 15.5 Å². The third-order valence-corrected chi connectivity index (χ3v) is 3.94. The van der Waals surface area contributed by atoms with E-state index in [1.807, 2.05) is 0 Å². The van der Waals surface area contributed by atoms with Crippen LogP contribution in [0.5, 0.6) is 0 Å². The molecule has 0 spiro atoms. The average molecular weight is 309 g/mol. The molecule has 2 rings (SSSR count). The van der Waals surface area contributed by atoms with Gasteiger partial charge in [0.2, 0.25) is 0 Å². The number of thiophene rings is 1. The van der Waals surface area contributed by atoms with Crippen LogP contribution >= 0.6 is 11.3 Å². The maximum Gasteiger partial charge on any atom is 0.343 e. The van der Waals surface area contributed by atoms with E-state index in [9.17, 15) is 9.59 Å². The van der Waals surface area contributed by atoms with E-state index in [1.165, 1.54) is 14.2 Å². The van der Waals surface area contributed by atoms with Gasteiger partial charge >= 0.3 is 5.97 Å². The number of hydrogen-bond acceptors (Lipinski definition) is 7. The van der Waals surface area contributed by atoms with Gasteiger partial charge in [-0.1, -0.05) is 0 Å². The Hall–Kier alpha value is -2.55. The number of rotatable bonds is 5. The van der Waals surface area contributed by atoms with Crippen LogP contribution in [0.15, 0.2) is 12.4 Å². The number of carbonyl (C=O) groups is 2. The van der Waals surface area contributed by atoms with E-state index in [1.54, 1.807) is 12.4 Å². The summed E-state index contributed by atoms with van der Waals surface area (Å²) in [6, 6.07) is 0. The summed E-state index contributed by atoms with van der Waals surface area (Å²) >= 11 is 1.10. The standard InChI is InChI=1S/C12H15N5O3S/c1-14-10(18)9-8(13)7(12(19)20-2)11(21-9)15-3-6-4-16-17-5-6/h4-5,15H,3,13H2,1-2H3,(H,14,18)(H,16,17). The van der Waals surface area contributed by atoms with Gasteiger partial charge in [-0.15, -0.1) is 11.3 Å². The first-order valence-electron chi connectivity index (χ1n) is 6.02. The molecule has 2 aromatic heterocycles. The topological polar surface area (TPSA) is 122 Å². The second-order valence-corrected chi connectivity index (χ2v) is 5.10. The van der Waals surface area contributed by atoms with Gasteiger partial charge in [0.15, 0.2) is 0 Å². The van der Waals surface area contributed by atoms with Crippen molar-refractivity contribution in [3.05, 3.63) is 28.4 Å². The number of hydrogen-bond donors (Lipinski definition) is 4. The fraction of sp³-hybridized carbons (Fsp3) is 0.250. The minimum atomic E-state index is -0.589. The number of ether oxygens (including phenoxy) is 1. The molecule has 0 saturated carbocycles. The van der Waals surface area contributed by atoms with Crippen molar-refractivity contribution in [1.29, 1.82) is 0 Å². The summed E-state index contributed by atoms with van der Waals surface area (Å²) in [5.41, 5.74) is 7.08. The molecule has 0 radical (unpaired) electrons. The van der Waals surface area contributed by atoms with E-state index in [0.717, 1.165) is 16.9 Å². The lowest BCUT2D eigenvalue weighted by atomic mass is 10.2. The van der Waals surface area contributed by atoms with Crippen LogP contribution in [0, 0.1) is 0 Å². The number of esters is 1. The highest BCUT2D eigenvalue weighted by molar-refractivity contribution is 7.19. The molecule has 0 aromatic carbocycles. The highest BCUT2D eigenvalue weighted by atomic mass is 32.1. The Kier molecular flexibility index (Phi) is 4.43. The lowest BCUT2D eigenvalue weighted by Crippen LogP contribution is -2.18. The van der Waals surface area contributed by atoms with Crippen molar-refractivity contribution in [2.75, 3.05) is 25.2 Å². The van der Waals surface area contributed by atoms with Gasteiger partial charge in [-0.05, 0) is 0 Å². The monoisotopic (exact) mass is 309 g/mol. The van der Waals surface area contributed by atoms with Crippen molar-refractivity contribution in [2.45, 2.75) is 6.54 Å². The summed E-state index contributed by atoms with van der Waals surface area (Å²) in [7, 11) is 2.76. The average Bonchev–Trinajstić information content (AvgIpc) is 3.11. The number of aromatic nitrogens is 2. The van der Waals surface area contributed by atoms with E-state index in [2.05, 4.69) is 20.8 Å². The van der Waals surface area contributed by atoms with Crippen molar-refractivity contribution >= 4 is 33.9 Å². The second-order valence-electron chi connectivity index (χ2n) is 4.08. The van der Waals surface area contributed by atoms with Gasteiger partial charge in [-0.25, -0.2) is 4.79 Å². The Labute approximate surface area is 124 Å². The number of nitrogens with one attached hydrogen (secondary N) is 3. The third kappa shape index (κ3) is 2.97. The lowest BCUT2D eigenvalue weighted by molar-refractivity contribution is 0.0603. The van der Waals surface area contributed by atoms with E-state index < -0.39 is 5.97 Å². The largest absolute Gasteiger partial charge is 0.465 e. The zero-order valence-corrected chi connectivity index (χ0v) is 12.3. The number of nitrogen functional groups attached to an aromatic ring is 1. The van der Waals surface area contributed by atoms with Crippen molar-refractivity contribution in [2.24, 2.45) is 0 Å². The van der Waals surface area contributed by atoms with Crippen LogP contribution in [-0.4, -0.2) is 36.2 Å². The fourth-order valence-corrected chi connectivity index (χ4v) is 2.76. The van der Waals surface area contributed by atoms with Crippen LogP contribution in [0.25, 0.3) is 0 Å². The predicted octanol–water partition coefficient (Wildman–Crippen LogP) is 0.812. The second kappa shape index (κ2) is 6.27. The van der Waals surface area contributed by atoms with Crippen LogP contribution in [0.1, 0.15) is 25.6 Å². The molecule has 2 aromatic rings. The summed E-state index contributed by atoms with van der Waals surface area (Å²) in [4.78, 5) is 23.9. The van der Waals surface area contributed by atoms with E-state index >= 15 is 0 Å². The molecule has 112 valence electrons. The number of nitrogens with zero attached hydrogens (tertiary/aromatic N) is 1. The van der Waals surface area contributed by atoms with Gasteiger partial charge < -0.3 is 21.1 Å². The van der Waals surface area contributed by atoms with Gasteiger partial charge in [0.25, 0.3) is 5.91 Å². The molecule has 8 nitrogen and oxygen atoms in total. The third-order valence-electron chi connectivity index (χ3n) is 2.78. The van der Waals surface area contributed by atoms with Gasteiger partial charge in [0, 0.05) is 25.4 Å². The van der Waals surface area contributed by atoms with Crippen LogP contribution in [-0.2, 0) is 11.3 Å². The molecule has 2 heterocycles. The van der Waals surface area contributed by atoms with Gasteiger partial charge in [-0.2, -0.15) is 5.10 Å². The summed E-state index contributed by atoms with van der Waals surface area (Å²) < 4.78 is 4.72. The minimum absolute atomic E-state index is 0.112. The van der Waals surface area contributed by atoms with Crippen LogP contribution in [0.2, 0.25) is 0 Å². The SMILES string of the molecule is CNC(=O)c1sc(NCc2cn[nH]c2)c(C(=O)OC)c1N. The molecule has 0 aliphatic carbocycles. The molecule has 0 bridgehead atoms. The maximum atomic E-state index is 11.9.